The van der Waals surface area contributed by atoms with E-state index in [1.807, 2.05) is 18.2 Å². The Morgan fingerprint density at radius 2 is 2.15 bits per heavy atom. The van der Waals surface area contributed by atoms with Gasteiger partial charge in [0.25, 0.3) is 0 Å². The molecular formula is C10H10Cl2O. The Hall–Kier alpha value is -0.240. The summed E-state index contributed by atoms with van der Waals surface area (Å²) in [5, 5.41) is 1.31. The summed E-state index contributed by atoms with van der Waals surface area (Å²) in [7, 11) is 0. The number of rotatable bonds is 1. The van der Waals surface area contributed by atoms with Gasteiger partial charge >= 0.3 is 0 Å². The van der Waals surface area contributed by atoms with E-state index in [9.17, 15) is 0 Å². The highest BCUT2D eigenvalue weighted by atomic mass is 35.5. The van der Waals surface area contributed by atoms with Crippen molar-refractivity contribution in [2.75, 3.05) is 13.2 Å². The third-order valence-electron chi connectivity index (χ3n) is 2.35. The minimum atomic E-state index is 0.422. The molecule has 1 heterocycles. The first kappa shape index (κ1) is 9.32. The molecule has 1 aliphatic heterocycles. The summed E-state index contributed by atoms with van der Waals surface area (Å²) in [4.78, 5) is 0. The van der Waals surface area contributed by atoms with E-state index in [0.717, 1.165) is 25.2 Å². The van der Waals surface area contributed by atoms with Crippen molar-refractivity contribution < 1.29 is 4.74 Å². The van der Waals surface area contributed by atoms with Crippen LogP contribution in [-0.4, -0.2) is 13.2 Å². The van der Waals surface area contributed by atoms with Gasteiger partial charge in [0.1, 0.15) is 0 Å². The van der Waals surface area contributed by atoms with Crippen LogP contribution in [0.2, 0.25) is 10.0 Å². The van der Waals surface area contributed by atoms with Crippen LogP contribution in [0, 0.1) is 0 Å². The van der Waals surface area contributed by atoms with Crippen molar-refractivity contribution in [3.8, 4) is 0 Å². The van der Waals surface area contributed by atoms with Gasteiger partial charge in [-0.25, -0.2) is 0 Å². The molecule has 1 fully saturated rings. The van der Waals surface area contributed by atoms with Crippen LogP contribution >= 0.6 is 23.2 Å². The summed E-state index contributed by atoms with van der Waals surface area (Å²) in [6.45, 7) is 1.59. The standard InChI is InChI=1S/C10H10Cl2O/c11-9-3-1-2-8(10(9)12)7-4-5-13-6-7/h1-3,7H,4-6H2. The van der Waals surface area contributed by atoms with Gasteiger partial charge in [0.2, 0.25) is 0 Å². The van der Waals surface area contributed by atoms with E-state index < -0.39 is 0 Å². The van der Waals surface area contributed by atoms with Gasteiger partial charge in [-0.2, -0.15) is 0 Å². The Bertz CT molecular complexity index is 306. The molecule has 0 saturated carbocycles. The van der Waals surface area contributed by atoms with Gasteiger partial charge in [0.15, 0.2) is 0 Å². The van der Waals surface area contributed by atoms with E-state index in [1.165, 1.54) is 0 Å². The average molecular weight is 217 g/mol. The second kappa shape index (κ2) is 3.87. The first-order valence-corrected chi connectivity index (χ1v) is 5.06. The van der Waals surface area contributed by atoms with Crippen LogP contribution in [0.15, 0.2) is 18.2 Å². The maximum atomic E-state index is 6.09. The van der Waals surface area contributed by atoms with Crippen molar-refractivity contribution in [2.24, 2.45) is 0 Å². The Morgan fingerprint density at radius 1 is 1.31 bits per heavy atom. The zero-order valence-electron chi connectivity index (χ0n) is 7.09. The lowest BCUT2D eigenvalue weighted by atomic mass is 9.99. The van der Waals surface area contributed by atoms with E-state index in [0.29, 0.717) is 16.0 Å². The third-order valence-corrected chi connectivity index (χ3v) is 3.18. The molecule has 0 bridgehead atoms. The van der Waals surface area contributed by atoms with Crippen molar-refractivity contribution in [3.05, 3.63) is 33.8 Å². The first-order valence-electron chi connectivity index (χ1n) is 4.30. The predicted octanol–water partition coefficient (Wildman–Crippen LogP) is 3.50. The number of benzene rings is 1. The van der Waals surface area contributed by atoms with Crippen LogP contribution < -0.4 is 0 Å². The molecule has 1 unspecified atom stereocenters. The molecule has 0 amide bonds. The van der Waals surface area contributed by atoms with E-state index in [-0.39, 0.29) is 0 Å². The molecule has 1 atom stereocenters. The fourth-order valence-electron chi connectivity index (χ4n) is 1.62. The van der Waals surface area contributed by atoms with E-state index in [4.69, 9.17) is 27.9 Å². The zero-order chi connectivity index (χ0) is 9.26. The molecule has 1 aromatic carbocycles. The second-order valence-corrected chi connectivity index (χ2v) is 3.99. The monoisotopic (exact) mass is 216 g/mol. The lowest BCUT2D eigenvalue weighted by Crippen LogP contribution is -1.98. The maximum Gasteiger partial charge on any atom is 0.0627 e. The first-order chi connectivity index (χ1) is 6.29. The topological polar surface area (TPSA) is 9.23 Å². The lowest BCUT2D eigenvalue weighted by molar-refractivity contribution is 0.194. The second-order valence-electron chi connectivity index (χ2n) is 3.20. The number of hydrogen-bond acceptors (Lipinski definition) is 1. The lowest BCUT2D eigenvalue weighted by Gasteiger charge is -2.10. The van der Waals surface area contributed by atoms with Gasteiger partial charge < -0.3 is 4.74 Å². The Labute approximate surface area is 87.6 Å². The summed E-state index contributed by atoms with van der Waals surface area (Å²) in [5.41, 5.74) is 1.12. The van der Waals surface area contributed by atoms with Gasteiger partial charge in [-0.05, 0) is 18.1 Å². The molecule has 1 saturated heterocycles. The van der Waals surface area contributed by atoms with E-state index in [2.05, 4.69) is 0 Å². The Balaban J connectivity index is 2.33. The highest BCUT2D eigenvalue weighted by molar-refractivity contribution is 6.42. The fourth-order valence-corrected chi connectivity index (χ4v) is 2.08. The molecule has 0 aromatic heterocycles. The molecule has 0 spiro atoms. The van der Waals surface area contributed by atoms with Gasteiger partial charge in [0, 0.05) is 12.5 Å². The molecule has 0 radical (unpaired) electrons. The summed E-state index contributed by atoms with van der Waals surface area (Å²) < 4.78 is 5.30. The largest absolute Gasteiger partial charge is 0.381 e. The molecule has 1 aromatic rings. The summed E-state index contributed by atoms with van der Waals surface area (Å²) >= 11 is 12.0. The van der Waals surface area contributed by atoms with Gasteiger partial charge in [-0.1, -0.05) is 35.3 Å². The third kappa shape index (κ3) is 1.83. The van der Waals surface area contributed by atoms with Crippen molar-refractivity contribution in [3.63, 3.8) is 0 Å². The van der Waals surface area contributed by atoms with Crippen LogP contribution in [0.1, 0.15) is 17.9 Å². The van der Waals surface area contributed by atoms with Gasteiger partial charge in [0.05, 0.1) is 16.7 Å². The molecule has 70 valence electrons. The van der Waals surface area contributed by atoms with E-state index >= 15 is 0 Å². The van der Waals surface area contributed by atoms with Crippen LogP contribution in [0.4, 0.5) is 0 Å². The maximum absolute atomic E-state index is 6.09. The molecule has 1 nitrogen and oxygen atoms in total. The van der Waals surface area contributed by atoms with Crippen LogP contribution in [0.25, 0.3) is 0 Å². The summed E-state index contributed by atoms with van der Waals surface area (Å²) in [5.74, 6) is 0.422. The molecule has 2 rings (SSSR count). The summed E-state index contributed by atoms with van der Waals surface area (Å²) in [6, 6.07) is 5.76. The Kier molecular flexibility index (Phi) is 2.77. The quantitative estimate of drug-likeness (QED) is 0.699. The molecule has 0 N–H and O–H groups in total. The average Bonchev–Trinajstić information content (AvgIpc) is 2.62. The van der Waals surface area contributed by atoms with Crippen molar-refractivity contribution in [2.45, 2.75) is 12.3 Å². The van der Waals surface area contributed by atoms with Crippen molar-refractivity contribution in [1.82, 2.24) is 0 Å². The SMILES string of the molecule is Clc1cccc(C2CCOC2)c1Cl. The normalized spacial score (nSPS) is 22.2. The smallest absolute Gasteiger partial charge is 0.0627 e. The molecule has 3 heteroatoms. The molecule has 0 aliphatic carbocycles. The van der Waals surface area contributed by atoms with Gasteiger partial charge in [-0.3, -0.25) is 0 Å². The van der Waals surface area contributed by atoms with Crippen LogP contribution in [-0.2, 0) is 4.74 Å². The molecular weight excluding hydrogens is 207 g/mol. The van der Waals surface area contributed by atoms with Crippen molar-refractivity contribution >= 4 is 23.2 Å². The molecule has 1 aliphatic rings. The Morgan fingerprint density at radius 3 is 2.85 bits per heavy atom. The van der Waals surface area contributed by atoms with Crippen molar-refractivity contribution in [1.29, 1.82) is 0 Å². The number of ether oxygens (including phenoxy) is 1. The highest BCUT2D eigenvalue weighted by Gasteiger charge is 2.20. The number of hydrogen-bond donors (Lipinski definition) is 0. The number of halogens is 2. The van der Waals surface area contributed by atoms with Crippen LogP contribution in [0.3, 0.4) is 0 Å². The van der Waals surface area contributed by atoms with Gasteiger partial charge in [-0.15, -0.1) is 0 Å². The zero-order valence-corrected chi connectivity index (χ0v) is 8.61. The van der Waals surface area contributed by atoms with Crippen LogP contribution in [0.5, 0.6) is 0 Å². The summed E-state index contributed by atoms with van der Waals surface area (Å²) in [6.07, 6.45) is 1.04. The minimum Gasteiger partial charge on any atom is -0.381 e. The minimum absolute atomic E-state index is 0.422. The predicted molar refractivity (Wildman–Crippen MR) is 54.6 cm³/mol. The highest BCUT2D eigenvalue weighted by Crippen LogP contribution is 2.34. The molecule has 13 heavy (non-hydrogen) atoms. The fraction of sp³-hybridized carbons (Fsp3) is 0.400. The van der Waals surface area contributed by atoms with E-state index in [1.54, 1.807) is 0 Å².